The molecule has 2 aromatic heterocycles. The minimum atomic E-state index is -0.297. The van der Waals surface area contributed by atoms with Crippen molar-refractivity contribution in [2.24, 2.45) is 0 Å². The fourth-order valence-corrected chi connectivity index (χ4v) is 1.72. The van der Waals surface area contributed by atoms with Gasteiger partial charge in [-0.15, -0.1) is 0 Å². The third kappa shape index (κ3) is 1.75. The highest BCUT2D eigenvalue weighted by molar-refractivity contribution is 5.85. The lowest BCUT2D eigenvalue weighted by Crippen LogP contribution is -1.99. The van der Waals surface area contributed by atoms with E-state index in [-0.39, 0.29) is 5.82 Å². The molecule has 4 nitrogen and oxygen atoms in total. The maximum atomic E-state index is 12.9. The van der Waals surface area contributed by atoms with Gasteiger partial charge in [-0.2, -0.15) is 0 Å². The molecule has 3 rings (SSSR count). The lowest BCUT2D eigenvalue weighted by atomic mass is 10.2. The highest BCUT2D eigenvalue weighted by Gasteiger charge is 2.07. The Labute approximate surface area is 102 Å². The number of nitrogens with zero attached hydrogens (tertiary/aromatic N) is 3. The van der Waals surface area contributed by atoms with Gasteiger partial charge < -0.3 is 5.73 Å². The summed E-state index contributed by atoms with van der Waals surface area (Å²) in [6, 6.07) is 9.56. The Morgan fingerprint density at radius 1 is 1.00 bits per heavy atom. The van der Waals surface area contributed by atoms with Crippen LogP contribution in [0.5, 0.6) is 0 Å². The molecule has 2 N–H and O–H groups in total. The number of rotatable bonds is 1. The number of fused-ring (bicyclic) bond motifs is 1. The van der Waals surface area contributed by atoms with Crippen molar-refractivity contribution in [3.8, 4) is 11.4 Å². The van der Waals surface area contributed by atoms with Crippen LogP contribution >= 0.6 is 0 Å². The molecule has 0 fully saturated rings. The molecule has 0 amide bonds. The van der Waals surface area contributed by atoms with Gasteiger partial charge in [0.05, 0.1) is 5.52 Å². The van der Waals surface area contributed by atoms with Crippen LogP contribution < -0.4 is 5.73 Å². The van der Waals surface area contributed by atoms with Crippen LogP contribution in [0.4, 0.5) is 10.2 Å². The van der Waals surface area contributed by atoms with Crippen molar-refractivity contribution in [1.29, 1.82) is 0 Å². The van der Waals surface area contributed by atoms with Gasteiger partial charge in [-0.05, 0) is 36.4 Å². The van der Waals surface area contributed by atoms with Crippen molar-refractivity contribution in [1.82, 2.24) is 15.0 Å². The van der Waals surface area contributed by atoms with Crippen LogP contribution in [0.3, 0.4) is 0 Å². The van der Waals surface area contributed by atoms with E-state index >= 15 is 0 Å². The molecule has 0 radical (unpaired) electrons. The molecule has 0 atom stereocenters. The van der Waals surface area contributed by atoms with Gasteiger partial charge in [0.25, 0.3) is 0 Å². The number of halogens is 1. The first-order chi connectivity index (χ1) is 8.74. The van der Waals surface area contributed by atoms with Gasteiger partial charge in [-0.3, -0.25) is 4.98 Å². The number of hydrogen-bond acceptors (Lipinski definition) is 4. The molecular formula is C13H9FN4. The van der Waals surface area contributed by atoms with Crippen molar-refractivity contribution < 1.29 is 4.39 Å². The minimum absolute atomic E-state index is 0.297. The summed E-state index contributed by atoms with van der Waals surface area (Å²) in [5.74, 6) is 0.488. The van der Waals surface area contributed by atoms with Crippen molar-refractivity contribution in [3.63, 3.8) is 0 Å². The number of hydrogen-bond donors (Lipinski definition) is 1. The molecule has 18 heavy (non-hydrogen) atoms. The molecular weight excluding hydrogens is 231 g/mol. The number of nitrogen functional groups attached to an aromatic ring is 1. The lowest BCUT2D eigenvalue weighted by Gasteiger charge is -2.04. The first-order valence-corrected chi connectivity index (χ1v) is 5.38. The monoisotopic (exact) mass is 240 g/mol. The second kappa shape index (κ2) is 4.03. The molecule has 5 heteroatoms. The van der Waals surface area contributed by atoms with Crippen LogP contribution in [0.15, 0.2) is 42.6 Å². The van der Waals surface area contributed by atoms with E-state index in [2.05, 4.69) is 15.0 Å². The Hall–Kier alpha value is -2.56. The number of aromatic nitrogens is 3. The summed E-state index contributed by atoms with van der Waals surface area (Å²) in [5, 5.41) is 0. The molecule has 0 bridgehead atoms. The SMILES string of the molecule is Nc1nc(-c2ccc(F)cc2)nc2cccnc12. The molecule has 88 valence electrons. The Bertz CT molecular complexity index is 710. The molecule has 0 unspecified atom stereocenters. The van der Waals surface area contributed by atoms with Gasteiger partial charge in [0.2, 0.25) is 0 Å². The molecule has 0 spiro atoms. The van der Waals surface area contributed by atoms with Gasteiger partial charge in [0.15, 0.2) is 11.6 Å². The molecule has 0 saturated carbocycles. The zero-order chi connectivity index (χ0) is 12.5. The lowest BCUT2D eigenvalue weighted by molar-refractivity contribution is 0.628. The maximum absolute atomic E-state index is 12.9. The highest BCUT2D eigenvalue weighted by Crippen LogP contribution is 2.21. The third-order valence-corrected chi connectivity index (χ3v) is 2.58. The van der Waals surface area contributed by atoms with Gasteiger partial charge >= 0.3 is 0 Å². The van der Waals surface area contributed by atoms with E-state index in [1.54, 1.807) is 24.4 Å². The average molecular weight is 240 g/mol. The van der Waals surface area contributed by atoms with Gasteiger partial charge in [0.1, 0.15) is 11.3 Å². The van der Waals surface area contributed by atoms with Gasteiger partial charge in [-0.1, -0.05) is 0 Å². The van der Waals surface area contributed by atoms with Crippen LogP contribution in [0, 0.1) is 5.82 Å². The first-order valence-electron chi connectivity index (χ1n) is 5.38. The number of nitrogens with two attached hydrogens (primary N) is 1. The summed E-state index contributed by atoms with van der Waals surface area (Å²) in [7, 11) is 0. The second-order valence-corrected chi connectivity index (χ2v) is 3.81. The summed E-state index contributed by atoms with van der Waals surface area (Å²) < 4.78 is 12.9. The standard InChI is InChI=1S/C13H9FN4/c14-9-5-3-8(4-6-9)13-17-10-2-1-7-16-11(10)12(15)18-13/h1-7H,(H2,15,17,18). The zero-order valence-corrected chi connectivity index (χ0v) is 9.34. The number of pyridine rings is 1. The summed E-state index contributed by atoms with van der Waals surface area (Å²) in [6.07, 6.45) is 1.64. The van der Waals surface area contributed by atoms with Crippen LogP contribution in [0.25, 0.3) is 22.4 Å². The highest BCUT2D eigenvalue weighted by atomic mass is 19.1. The van der Waals surface area contributed by atoms with Crippen molar-refractivity contribution in [2.45, 2.75) is 0 Å². The smallest absolute Gasteiger partial charge is 0.162 e. The van der Waals surface area contributed by atoms with Crippen LogP contribution in [0.1, 0.15) is 0 Å². The molecule has 0 aliphatic rings. The number of benzene rings is 1. The van der Waals surface area contributed by atoms with E-state index in [0.717, 1.165) is 0 Å². The van der Waals surface area contributed by atoms with Crippen molar-refractivity contribution >= 4 is 16.9 Å². The third-order valence-electron chi connectivity index (χ3n) is 2.58. The van der Waals surface area contributed by atoms with Crippen molar-refractivity contribution in [2.75, 3.05) is 5.73 Å². The Kier molecular flexibility index (Phi) is 2.37. The summed E-state index contributed by atoms with van der Waals surface area (Å²) in [4.78, 5) is 12.7. The van der Waals surface area contributed by atoms with E-state index in [1.807, 2.05) is 6.07 Å². The Morgan fingerprint density at radius 3 is 2.56 bits per heavy atom. The van der Waals surface area contributed by atoms with E-state index < -0.39 is 0 Å². The normalized spacial score (nSPS) is 10.7. The van der Waals surface area contributed by atoms with Crippen LogP contribution in [-0.4, -0.2) is 15.0 Å². The van der Waals surface area contributed by atoms with Crippen LogP contribution in [0.2, 0.25) is 0 Å². The van der Waals surface area contributed by atoms with E-state index in [0.29, 0.717) is 28.2 Å². The Morgan fingerprint density at radius 2 is 1.78 bits per heavy atom. The average Bonchev–Trinajstić information content (AvgIpc) is 2.39. The summed E-state index contributed by atoms with van der Waals surface area (Å²) in [5.41, 5.74) is 7.80. The largest absolute Gasteiger partial charge is 0.382 e. The Balaban J connectivity index is 2.21. The van der Waals surface area contributed by atoms with Crippen LogP contribution in [-0.2, 0) is 0 Å². The van der Waals surface area contributed by atoms with E-state index in [4.69, 9.17) is 5.73 Å². The fourth-order valence-electron chi connectivity index (χ4n) is 1.72. The molecule has 3 aromatic rings. The van der Waals surface area contributed by atoms with Gasteiger partial charge in [0, 0.05) is 11.8 Å². The van der Waals surface area contributed by atoms with Gasteiger partial charge in [-0.25, -0.2) is 14.4 Å². The quantitative estimate of drug-likeness (QED) is 0.709. The van der Waals surface area contributed by atoms with E-state index in [9.17, 15) is 4.39 Å². The first kappa shape index (κ1) is 10.6. The number of anilines is 1. The molecule has 0 aliphatic carbocycles. The maximum Gasteiger partial charge on any atom is 0.162 e. The zero-order valence-electron chi connectivity index (χ0n) is 9.34. The molecule has 0 saturated heterocycles. The summed E-state index contributed by atoms with van der Waals surface area (Å²) >= 11 is 0. The predicted molar refractivity (Wildman–Crippen MR) is 67.1 cm³/mol. The molecule has 0 aliphatic heterocycles. The summed E-state index contributed by atoms with van der Waals surface area (Å²) in [6.45, 7) is 0. The predicted octanol–water partition coefficient (Wildman–Crippen LogP) is 2.41. The second-order valence-electron chi connectivity index (χ2n) is 3.81. The minimum Gasteiger partial charge on any atom is -0.382 e. The van der Waals surface area contributed by atoms with Crippen molar-refractivity contribution in [3.05, 3.63) is 48.4 Å². The van der Waals surface area contributed by atoms with E-state index in [1.165, 1.54) is 12.1 Å². The fraction of sp³-hybridized carbons (Fsp3) is 0. The topological polar surface area (TPSA) is 64.7 Å². The molecule has 2 heterocycles. The molecule has 1 aromatic carbocycles.